The van der Waals surface area contributed by atoms with Crippen molar-refractivity contribution in [2.75, 3.05) is 0 Å². The number of pyridine rings is 1. The van der Waals surface area contributed by atoms with Gasteiger partial charge in [-0.2, -0.15) is 0 Å². The first-order chi connectivity index (χ1) is 11.1. The van der Waals surface area contributed by atoms with Gasteiger partial charge in [0.15, 0.2) is 6.10 Å². The molecule has 1 aromatic carbocycles. The minimum absolute atomic E-state index is 0.0456. The minimum atomic E-state index is -0.932. The Hall–Kier alpha value is -2.66. The standard InChI is InChI=1S/C17H13ClN2O3/c1-10(23-17(22)12-6-4-8-19-16(12)18)15(21)13-9-20-14-7-3-2-5-11(13)14/h2-10,20H,1H3/t10-/m1/s1. The molecule has 3 aromatic rings. The highest BCUT2D eigenvalue weighted by molar-refractivity contribution is 6.32. The van der Waals surface area contributed by atoms with Gasteiger partial charge in [0.05, 0.1) is 5.56 Å². The average Bonchev–Trinajstić information content (AvgIpc) is 2.98. The molecule has 0 saturated heterocycles. The number of nitrogens with one attached hydrogen (secondary N) is 1. The number of Topliss-reactive ketones (excluding diaryl/α,β-unsaturated/α-hetero) is 1. The van der Waals surface area contributed by atoms with Crippen LogP contribution in [0.2, 0.25) is 5.15 Å². The largest absolute Gasteiger partial charge is 0.451 e. The quantitative estimate of drug-likeness (QED) is 0.451. The van der Waals surface area contributed by atoms with E-state index in [-0.39, 0.29) is 16.5 Å². The number of nitrogens with zero attached hydrogens (tertiary/aromatic N) is 1. The van der Waals surface area contributed by atoms with E-state index in [1.807, 2.05) is 24.3 Å². The summed E-state index contributed by atoms with van der Waals surface area (Å²) >= 11 is 5.86. The fourth-order valence-electron chi connectivity index (χ4n) is 2.31. The number of aromatic nitrogens is 2. The van der Waals surface area contributed by atoms with Crippen molar-refractivity contribution in [1.29, 1.82) is 0 Å². The molecule has 3 rings (SSSR count). The molecule has 6 heteroatoms. The summed E-state index contributed by atoms with van der Waals surface area (Å²) < 4.78 is 5.22. The molecule has 116 valence electrons. The highest BCUT2D eigenvalue weighted by Crippen LogP contribution is 2.21. The highest BCUT2D eigenvalue weighted by Gasteiger charge is 2.23. The van der Waals surface area contributed by atoms with Crippen LogP contribution in [0, 0.1) is 0 Å². The number of carbonyl (C=O) groups is 2. The van der Waals surface area contributed by atoms with Crippen molar-refractivity contribution >= 4 is 34.3 Å². The predicted molar refractivity (Wildman–Crippen MR) is 86.8 cm³/mol. The van der Waals surface area contributed by atoms with Crippen LogP contribution in [0.3, 0.4) is 0 Å². The Kier molecular flexibility index (Phi) is 4.12. The summed E-state index contributed by atoms with van der Waals surface area (Å²) in [5.41, 5.74) is 1.47. The molecule has 0 saturated carbocycles. The maximum atomic E-state index is 12.5. The van der Waals surface area contributed by atoms with Gasteiger partial charge in [0.2, 0.25) is 5.78 Å². The van der Waals surface area contributed by atoms with E-state index in [0.29, 0.717) is 5.56 Å². The van der Waals surface area contributed by atoms with E-state index in [2.05, 4.69) is 9.97 Å². The summed E-state index contributed by atoms with van der Waals surface area (Å²) in [5.74, 6) is -0.959. The Bertz CT molecular complexity index is 888. The van der Waals surface area contributed by atoms with Crippen molar-refractivity contribution in [3.8, 4) is 0 Å². The van der Waals surface area contributed by atoms with Gasteiger partial charge in [-0.1, -0.05) is 29.8 Å². The molecular weight excluding hydrogens is 316 g/mol. The van der Waals surface area contributed by atoms with Crippen molar-refractivity contribution in [3.05, 3.63) is 65.1 Å². The zero-order chi connectivity index (χ0) is 16.4. The number of aromatic amines is 1. The van der Waals surface area contributed by atoms with E-state index in [1.165, 1.54) is 19.2 Å². The maximum absolute atomic E-state index is 12.5. The first-order valence-electron chi connectivity index (χ1n) is 6.99. The Labute approximate surface area is 137 Å². The molecule has 0 radical (unpaired) electrons. The molecule has 1 N–H and O–H groups in total. The second-order valence-corrected chi connectivity index (χ2v) is 5.36. The van der Waals surface area contributed by atoms with Crippen molar-refractivity contribution in [1.82, 2.24) is 9.97 Å². The van der Waals surface area contributed by atoms with Gasteiger partial charge in [0.1, 0.15) is 5.15 Å². The number of ketones is 1. The Morgan fingerprint density at radius 2 is 1.96 bits per heavy atom. The molecule has 23 heavy (non-hydrogen) atoms. The molecule has 0 fully saturated rings. The van der Waals surface area contributed by atoms with Gasteiger partial charge < -0.3 is 9.72 Å². The van der Waals surface area contributed by atoms with Gasteiger partial charge in [-0.15, -0.1) is 0 Å². The van der Waals surface area contributed by atoms with Gasteiger partial charge in [-0.3, -0.25) is 4.79 Å². The van der Waals surface area contributed by atoms with Crippen LogP contribution in [0.15, 0.2) is 48.8 Å². The molecule has 0 amide bonds. The van der Waals surface area contributed by atoms with Crippen LogP contribution in [-0.2, 0) is 4.74 Å². The Morgan fingerprint density at radius 3 is 2.74 bits per heavy atom. The summed E-state index contributed by atoms with van der Waals surface area (Å²) in [6, 6.07) is 10.5. The number of ether oxygens (including phenoxy) is 1. The number of halogens is 1. The molecule has 0 unspecified atom stereocenters. The van der Waals surface area contributed by atoms with Crippen LogP contribution in [0.4, 0.5) is 0 Å². The van der Waals surface area contributed by atoms with Crippen molar-refractivity contribution < 1.29 is 14.3 Å². The lowest BCUT2D eigenvalue weighted by Gasteiger charge is -2.12. The van der Waals surface area contributed by atoms with E-state index in [9.17, 15) is 9.59 Å². The number of fused-ring (bicyclic) bond motifs is 1. The first kappa shape index (κ1) is 15.2. The number of carbonyl (C=O) groups excluding carboxylic acids is 2. The molecule has 0 spiro atoms. The van der Waals surface area contributed by atoms with Crippen molar-refractivity contribution in [2.24, 2.45) is 0 Å². The van der Waals surface area contributed by atoms with Crippen LogP contribution in [0.25, 0.3) is 10.9 Å². The monoisotopic (exact) mass is 328 g/mol. The lowest BCUT2D eigenvalue weighted by Crippen LogP contribution is -2.24. The van der Waals surface area contributed by atoms with Gasteiger partial charge in [-0.25, -0.2) is 9.78 Å². The van der Waals surface area contributed by atoms with Gasteiger partial charge in [0, 0.05) is 28.9 Å². The number of esters is 1. The topological polar surface area (TPSA) is 72.0 Å². The lowest BCUT2D eigenvalue weighted by molar-refractivity contribution is 0.0319. The van der Waals surface area contributed by atoms with Crippen LogP contribution in [-0.4, -0.2) is 27.8 Å². The smallest absolute Gasteiger partial charge is 0.341 e. The summed E-state index contributed by atoms with van der Waals surface area (Å²) in [4.78, 5) is 31.5. The molecule has 0 aliphatic rings. The van der Waals surface area contributed by atoms with Crippen LogP contribution < -0.4 is 0 Å². The van der Waals surface area contributed by atoms with Gasteiger partial charge in [-0.05, 0) is 25.1 Å². The van der Waals surface area contributed by atoms with E-state index >= 15 is 0 Å². The van der Waals surface area contributed by atoms with Gasteiger partial charge in [0.25, 0.3) is 0 Å². The fraction of sp³-hybridized carbons (Fsp3) is 0.118. The predicted octanol–water partition coefficient (Wildman–Crippen LogP) is 3.64. The van der Waals surface area contributed by atoms with Crippen molar-refractivity contribution in [2.45, 2.75) is 13.0 Å². The summed E-state index contributed by atoms with van der Waals surface area (Å²) in [7, 11) is 0. The van der Waals surface area contributed by atoms with E-state index in [1.54, 1.807) is 12.3 Å². The number of para-hydroxylation sites is 1. The van der Waals surface area contributed by atoms with Crippen LogP contribution in [0.1, 0.15) is 27.6 Å². The third-order valence-electron chi connectivity index (χ3n) is 3.49. The second kappa shape index (κ2) is 6.22. The Balaban J connectivity index is 1.80. The van der Waals surface area contributed by atoms with E-state index in [4.69, 9.17) is 16.3 Å². The molecule has 5 nitrogen and oxygen atoms in total. The third-order valence-corrected chi connectivity index (χ3v) is 3.79. The molecule has 0 aliphatic heterocycles. The van der Waals surface area contributed by atoms with E-state index in [0.717, 1.165) is 10.9 Å². The zero-order valence-corrected chi connectivity index (χ0v) is 13.0. The second-order valence-electron chi connectivity index (χ2n) is 5.00. The summed E-state index contributed by atoms with van der Waals surface area (Å²) in [6.07, 6.45) is 2.16. The fourth-order valence-corrected chi connectivity index (χ4v) is 2.51. The lowest BCUT2D eigenvalue weighted by atomic mass is 10.1. The SMILES string of the molecule is C[C@@H](OC(=O)c1cccnc1Cl)C(=O)c1c[nH]c2ccccc12. The summed E-state index contributed by atoms with van der Waals surface area (Å²) in [5, 5.41) is 0.837. The summed E-state index contributed by atoms with van der Waals surface area (Å²) in [6.45, 7) is 1.53. The normalized spacial score (nSPS) is 12.1. The van der Waals surface area contributed by atoms with Crippen molar-refractivity contribution in [3.63, 3.8) is 0 Å². The number of benzene rings is 1. The number of hydrogen-bond acceptors (Lipinski definition) is 4. The van der Waals surface area contributed by atoms with Gasteiger partial charge >= 0.3 is 5.97 Å². The average molecular weight is 329 g/mol. The third kappa shape index (κ3) is 2.96. The highest BCUT2D eigenvalue weighted by atomic mass is 35.5. The van der Waals surface area contributed by atoms with Crippen LogP contribution >= 0.6 is 11.6 Å². The first-order valence-corrected chi connectivity index (χ1v) is 7.37. The van der Waals surface area contributed by atoms with E-state index < -0.39 is 12.1 Å². The molecular formula is C17H13ClN2O3. The number of H-pyrrole nitrogens is 1. The Morgan fingerprint density at radius 1 is 1.17 bits per heavy atom. The molecule has 0 aliphatic carbocycles. The minimum Gasteiger partial charge on any atom is -0.451 e. The maximum Gasteiger partial charge on any atom is 0.341 e. The molecule has 2 heterocycles. The molecule has 0 bridgehead atoms. The molecule has 1 atom stereocenters. The number of hydrogen-bond donors (Lipinski definition) is 1. The van der Waals surface area contributed by atoms with Crippen LogP contribution in [0.5, 0.6) is 0 Å². The number of rotatable bonds is 4. The molecule has 2 aromatic heterocycles. The zero-order valence-electron chi connectivity index (χ0n) is 12.2.